The number of anilines is 1. The van der Waals surface area contributed by atoms with Crippen molar-refractivity contribution >= 4 is 31.0 Å². The van der Waals surface area contributed by atoms with E-state index in [2.05, 4.69) is 6.92 Å². The highest BCUT2D eigenvalue weighted by atomic mass is 16.2. The lowest BCUT2D eigenvalue weighted by Crippen LogP contribution is -2.30. The fraction of sp³-hybridized carbons (Fsp3) is 0.526. The van der Waals surface area contributed by atoms with Gasteiger partial charge in [0.05, 0.1) is 11.4 Å². The number of imide groups is 1. The van der Waals surface area contributed by atoms with Crippen molar-refractivity contribution < 1.29 is 14.4 Å². The first-order valence-corrected chi connectivity index (χ1v) is 8.65. The van der Waals surface area contributed by atoms with E-state index in [1.54, 1.807) is 7.85 Å². The van der Waals surface area contributed by atoms with Gasteiger partial charge in [-0.25, -0.2) is 0 Å². The quantitative estimate of drug-likeness (QED) is 0.596. The van der Waals surface area contributed by atoms with E-state index in [1.807, 2.05) is 45.0 Å². The molecule has 128 valence electrons. The molecule has 1 aromatic carbocycles. The fourth-order valence-corrected chi connectivity index (χ4v) is 3.26. The molecular formula is C19H26BNO3. The number of rotatable bonds is 6. The topological polar surface area (TPSA) is 54.5 Å². The molecule has 0 N–H and O–H groups in total. The summed E-state index contributed by atoms with van der Waals surface area (Å²) in [4.78, 5) is 37.4. The molecule has 5 heteroatoms. The molecule has 0 spiro atoms. The van der Waals surface area contributed by atoms with Crippen molar-refractivity contribution in [3.8, 4) is 0 Å². The monoisotopic (exact) mass is 327 g/mol. The van der Waals surface area contributed by atoms with E-state index in [9.17, 15) is 14.4 Å². The van der Waals surface area contributed by atoms with Gasteiger partial charge in [-0.1, -0.05) is 39.8 Å². The van der Waals surface area contributed by atoms with Crippen LogP contribution in [-0.4, -0.2) is 25.3 Å². The Labute approximate surface area is 145 Å². The third-order valence-electron chi connectivity index (χ3n) is 5.22. The maximum Gasteiger partial charge on any atom is 0.237 e. The van der Waals surface area contributed by atoms with Gasteiger partial charge in [-0.2, -0.15) is 0 Å². The smallest absolute Gasteiger partial charge is 0.237 e. The molecule has 1 aliphatic rings. The Bertz CT molecular complexity index is 651. The lowest BCUT2D eigenvalue weighted by molar-refractivity contribution is -0.122. The maximum atomic E-state index is 12.3. The third kappa shape index (κ3) is 3.60. The molecule has 0 bridgehead atoms. The van der Waals surface area contributed by atoms with E-state index < -0.39 is 0 Å². The average Bonchev–Trinajstić information content (AvgIpc) is 2.81. The molecule has 0 aromatic heterocycles. The van der Waals surface area contributed by atoms with E-state index in [0.717, 1.165) is 12.0 Å². The Hall–Kier alpha value is -1.91. The predicted molar refractivity (Wildman–Crippen MR) is 97.7 cm³/mol. The summed E-state index contributed by atoms with van der Waals surface area (Å²) in [7, 11) is 1.63. The van der Waals surface area contributed by atoms with Crippen LogP contribution in [-0.2, 0) is 14.4 Å². The fourth-order valence-electron chi connectivity index (χ4n) is 3.26. The van der Waals surface area contributed by atoms with Crippen molar-refractivity contribution in [2.75, 3.05) is 4.90 Å². The molecule has 4 nitrogen and oxygen atoms in total. The molecule has 1 saturated heterocycles. The molecule has 2 amide bonds. The molecule has 1 aromatic rings. The Morgan fingerprint density at radius 2 is 1.88 bits per heavy atom. The first-order chi connectivity index (χ1) is 11.2. The van der Waals surface area contributed by atoms with Gasteiger partial charge in [0, 0.05) is 17.8 Å². The van der Waals surface area contributed by atoms with Gasteiger partial charge in [-0.15, -0.1) is 0 Å². The average molecular weight is 327 g/mol. The molecule has 0 radical (unpaired) electrons. The minimum atomic E-state index is -0.354. The summed E-state index contributed by atoms with van der Waals surface area (Å²) in [5, 5.41) is 0. The second kappa shape index (κ2) is 6.92. The molecule has 1 fully saturated rings. The summed E-state index contributed by atoms with van der Waals surface area (Å²) in [6, 6.07) is 7.58. The van der Waals surface area contributed by atoms with Gasteiger partial charge in [-0.05, 0) is 36.5 Å². The summed E-state index contributed by atoms with van der Waals surface area (Å²) in [6.45, 7) is 7.96. The molecule has 2 unspecified atom stereocenters. The summed E-state index contributed by atoms with van der Waals surface area (Å²) in [5.74, 6) is -0.176. The zero-order chi connectivity index (χ0) is 18.1. The minimum absolute atomic E-state index is 0.0963. The number of carbonyl (C=O) groups excluding carboxylic acids is 3. The number of benzene rings is 1. The Morgan fingerprint density at radius 1 is 1.29 bits per heavy atom. The van der Waals surface area contributed by atoms with Gasteiger partial charge in [0.15, 0.2) is 7.85 Å². The van der Waals surface area contributed by atoms with Gasteiger partial charge in [0.25, 0.3) is 0 Å². The van der Waals surface area contributed by atoms with Gasteiger partial charge < -0.3 is 4.79 Å². The molecular weight excluding hydrogens is 301 g/mol. The van der Waals surface area contributed by atoms with E-state index in [0.29, 0.717) is 18.5 Å². The molecule has 1 aliphatic heterocycles. The molecule has 24 heavy (non-hydrogen) atoms. The van der Waals surface area contributed by atoms with E-state index >= 15 is 0 Å². The molecule has 2 rings (SSSR count). The highest BCUT2D eigenvalue weighted by Gasteiger charge is 2.38. The summed E-state index contributed by atoms with van der Waals surface area (Å²) in [5.41, 5.74) is 1.58. The van der Waals surface area contributed by atoms with Crippen molar-refractivity contribution in [2.24, 2.45) is 11.3 Å². The number of nitrogens with zero attached hydrogens (tertiary/aromatic N) is 1. The van der Waals surface area contributed by atoms with Crippen LogP contribution in [0.5, 0.6) is 0 Å². The van der Waals surface area contributed by atoms with Crippen molar-refractivity contribution in [2.45, 2.75) is 52.9 Å². The number of carbonyl (C=O) groups is 3. The second-order valence-electron chi connectivity index (χ2n) is 7.51. The molecule has 0 saturated carbocycles. The van der Waals surface area contributed by atoms with E-state index in [-0.39, 0.29) is 34.7 Å². The molecule has 0 aliphatic carbocycles. The highest BCUT2D eigenvalue weighted by molar-refractivity contribution is 6.58. The van der Waals surface area contributed by atoms with Crippen LogP contribution < -0.4 is 4.90 Å². The van der Waals surface area contributed by atoms with Gasteiger partial charge in [0.2, 0.25) is 11.8 Å². The van der Waals surface area contributed by atoms with Crippen LogP contribution >= 0.6 is 0 Å². The molecule has 1 heterocycles. The standard InChI is InChI=1S/C19H26BNO3/c1-5-13-10-16(22)21(17(13)23)15-8-6-14(7-9-15)12(2)11-19(3,4)18(20)24/h6-9,12-13H,5,10-11,20H2,1-4H3. The zero-order valence-corrected chi connectivity index (χ0v) is 15.3. The Kier molecular flexibility index (Phi) is 5.31. The van der Waals surface area contributed by atoms with Crippen LogP contribution in [0.3, 0.4) is 0 Å². The van der Waals surface area contributed by atoms with Crippen LogP contribution in [0.4, 0.5) is 5.69 Å². The number of hydrogen-bond donors (Lipinski definition) is 0. The minimum Gasteiger partial charge on any atom is -0.311 e. The van der Waals surface area contributed by atoms with E-state index in [1.165, 1.54) is 4.90 Å². The SMILES string of the molecule is BC(=O)C(C)(C)CC(C)c1ccc(N2C(=O)CC(CC)C2=O)cc1. The van der Waals surface area contributed by atoms with Crippen LogP contribution in [0.25, 0.3) is 0 Å². The van der Waals surface area contributed by atoms with Gasteiger partial charge >= 0.3 is 0 Å². The number of amides is 2. The van der Waals surface area contributed by atoms with Crippen LogP contribution in [0, 0.1) is 11.3 Å². The van der Waals surface area contributed by atoms with Crippen LogP contribution in [0.15, 0.2) is 24.3 Å². The largest absolute Gasteiger partial charge is 0.311 e. The van der Waals surface area contributed by atoms with Crippen molar-refractivity contribution in [3.05, 3.63) is 29.8 Å². The maximum absolute atomic E-state index is 12.3. The van der Waals surface area contributed by atoms with E-state index in [4.69, 9.17) is 0 Å². The van der Waals surface area contributed by atoms with Crippen molar-refractivity contribution in [1.29, 1.82) is 0 Å². The van der Waals surface area contributed by atoms with Gasteiger partial charge in [-0.3, -0.25) is 14.5 Å². The molecule has 2 atom stereocenters. The Morgan fingerprint density at radius 3 is 2.33 bits per heavy atom. The second-order valence-corrected chi connectivity index (χ2v) is 7.51. The third-order valence-corrected chi connectivity index (χ3v) is 5.22. The lowest BCUT2D eigenvalue weighted by Gasteiger charge is -2.26. The van der Waals surface area contributed by atoms with Crippen molar-refractivity contribution in [3.63, 3.8) is 0 Å². The summed E-state index contributed by atoms with van der Waals surface area (Å²) in [6.07, 6.45) is 1.76. The van der Waals surface area contributed by atoms with Gasteiger partial charge in [0.1, 0.15) is 0 Å². The van der Waals surface area contributed by atoms with Crippen molar-refractivity contribution in [1.82, 2.24) is 0 Å². The zero-order valence-electron chi connectivity index (χ0n) is 15.3. The van der Waals surface area contributed by atoms with Crippen LogP contribution in [0.2, 0.25) is 0 Å². The number of hydrogen-bond acceptors (Lipinski definition) is 3. The summed E-state index contributed by atoms with van der Waals surface area (Å²) < 4.78 is 0. The summed E-state index contributed by atoms with van der Waals surface area (Å²) >= 11 is 0. The Balaban J connectivity index is 2.15. The van der Waals surface area contributed by atoms with Crippen LogP contribution in [0.1, 0.15) is 58.4 Å². The normalized spacial score (nSPS) is 19.7. The lowest BCUT2D eigenvalue weighted by atomic mass is 9.71. The first-order valence-electron chi connectivity index (χ1n) is 8.65. The first kappa shape index (κ1) is 18.4. The highest BCUT2D eigenvalue weighted by Crippen LogP contribution is 2.33. The predicted octanol–water partition coefficient (Wildman–Crippen LogP) is 2.66.